The number of carbonyl (C=O) groups excluding carboxylic acids is 2. The minimum absolute atomic E-state index is 0.105. The van der Waals surface area contributed by atoms with Crippen LogP contribution in [0.1, 0.15) is 44.5 Å². The summed E-state index contributed by atoms with van der Waals surface area (Å²) in [5, 5.41) is 30.6. The molecule has 1 aliphatic heterocycles. The van der Waals surface area contributed by atoms with Gasteiger partial charge in [0.1, 0.15) is 5.82 Å². The van der Waals surface area contributed by atoms with Crippen LogP contribution in [0, 0.1) is 19.7 Å². The van der Waals surface area contributed by atoms with Gasteiger partial charge in [-0.05, 0) is 56.2 Å². The van der Waals surface area contributed by atoms with E-state index in [0.29, 0.717) is 31.2 Å². The number of aliphatic hydroxyl groups excluding tert-OH is 1. The fourth-order valence-electron chi connectivity index (χ4n) is 4.27. The van der Waals surface area contributed by atoms with Crippen molar-refractivity contribution in [3.05, 3.63) is 86.3 Å². The van der Waals surface area contributed by atoms with Crippen molar-refractivity contribution in [1.29, 1.82) is 0 Å². The number of amides is 1. The molecule has 40 heavy (non-hydrogen) atoms. The highest BCUT2D eigenvalue weighted by atomic mass is 32.2. The molecule has 13 heteroatoms. The molecule has 9 nitrogen and oxygen atoms in total. The first kappa shape index (κ1) is 27.7. The molecule has 0 fully saturated rings. The summed E-state index contributed by atoms with van der Waals surface area (Å²) in [5.41, 5.74) is 1.68. The molecule has 2 N–H and O–H groups in total. The maximum atomic E-state index is 13.8. The molecule has 206 valence electrons. The number of aromatic nitrogens is 3. The first-order chi connectivity index (χ1) is 19.2. The Morgan fingerprint density at radius 1 is 1.12 bits per heavy atom. The summed E-state index contributed by atoms with van der Waals surface area (Å²) in [4.78, 5) is 33.2. The first-order valence-electron chi connectivity index (χ1n) is 12.1. The van der Waals surface area contributed by atoms with E-state index in [0.717, 1.165) is 16.9 Å². The van der Waals surface area contributed by atoms with Gasteiger partial charge < -0.3 is 14.9 Å². The number of ether oxygens (including phenoxy) is 1. The molecule has 0 spiro atoms. The third-order valence-corrected chi connectivity index (χ3v) is 9.24. The van der Waals surface area contributed by atoms with Crippen molar-refractivity contribution >= 4 is 51.3 Å². The summed E-state index contributed by atoms with van der Waals surface area (Å²) in [6.07, 6.45) is 0. The van der Waals surface area contributed by atoms with Gasteiger partial charge in [0, 0.05) is 5.75 Å². The van der Waals surface area contributed by atoms with E-state index in [1.807, 2.05) is 0 Å². The fraction of sp³-hybridized carbons (Fsp3) is 0.222. The molecule has 4 aromatic rings. The normalized spacial score (nSPS) is 15.2. The summed E-state index contributed by atoms with van der Waals surface area (Å²) >= 11 is 3.66. The molecule has 5 rings (SSSR count). The lowest BCUT2D eigenvalue weighted by molar-refractivity contribution is -0.117. The second-order valence-electron chi connectivity index (χ2n) is 8.74. The molecular formula is C27H23FN4O5S3. The number of aliphatic hydroxyl groups is 1. The Morgan fingerprint density at radius 3 is 2.55 bits per heavy atom. The smallest absolute Gasteiger partial charge is 0.296 e. The average Bonchev–Trinajstić information content (AvgIpc) is 3.60. The van der Waals surface area contributed by atoms with Crippen molar-refractivity contribution in [2.75, 3.05) is 11.5 Å². The van der Waals surface area contributed by atoms with Crippen LogP contribution in [0.2, 0.25) is 0 Å². The van der Waals surface area contributed by atoms with E-state index in [-0.39, 0.29) is 34.6 Å². The highest BCUT2D eigenvalue weighted by Gasteiger charge is 2.47. The number of hydrogen-bond donors (Lipinski definition) is 2. The number of aromatic hydroxyl groups is 1. The first-order valence-corrected chi connectivity index (χ1v) is 14.7. The lowest BCUT2D eigenvalue weighted by Crippen LogP contribution is -2.31. The molecule has 1 amide bonds. The predicted octanol–water partition coefficient (Wildman–Crippen LogP) is 5.93. The zero-order valence-electron chi connectivity index (χ0n) is 21.5. The number of ketones is 1. The highest BCUT2D eigenvalue weighted by molar-refractivity contribution is 8.00. The summed E-state index contributed by atoms with van der Waals surface area (Å²) in [5.74, 6) is -1.78. The van der Waals surface area contributed by atoms with Crippen LogP contribution < -0.4 is 9.64 Å². The van der Waals surface area contributed by atoms with E-state index in [2.05, 4.69) is 15.2 Å². The topological polar surface area (TPSA) is 126 Å². The van der Waals surface area contributed by atoms with Crippen molar-refractivity contribution in [2.45, 2.75) is 36.9 Å². The Labute approximate surface area is 241 Å². The fourth-order valence-corrected chi connectivity index (χ4v) is 6.97. The van der Waals surface area contributed by atoms with Gasteiger partial charge in [0.2, 0.25) is 10.9 Å². The van der Waals surface area contributed by atoms with Crippen LogP contribution in [0.5, 0.6) is 11.5 Å². The number of anilines is 1. The number of benzene rings is 2. The molecule has 1 atom stereocenters. The molecule has 2 aromatic carbocycles. The number of carbonyl (C=O) groups is 2. The second kappa shape index (κ2) is 11.4. The number of thiazole rings is 1. The quantitative estimate of drug-likeness (QED) is 0.137. The van der Waals surface area contributed by atoms with Crippen LogP contribution in [0.25, 0.3) is 0 Å². The molecule has 3 heterocycles. The minimum Gasteiger partial charge on any atom is -0.504 e. The van der Waals surface area contributed by atoms with Gasteiger partial charge in [-0.1, -0.05) is 41.3 Å². The number of thioether (sulfide) groups is 1. The number of halogens is 1. The zero-order chi connectivity index (χ0) is 28.6. The number of Topliss-reactive ketones (excluding diaryl/α,β-unsaturated/α-hetero) is 1. The second-order valence-corrected chi connectivity index (χ2v) is 12.1. The van der Waals surface area contributed by atoms with Crippen molar-refractivity contribution in [3.63, 3.8) is 0 Å². The van der Waals surface area contributed by atoms with Crippen molar-refractivity contribution < 1.29 is 28.9 Å². The van der Waals surface area contributed by atoms with Crippen molar-refractivity contribution in [3.8, 4) is 11.5 Å². The van der Waals surface area contributed by atoms with Gasteiger partial charge in [-0.25, -0.2) is 9.37 Å². The molecule has 0 saturated heterocycles. The largest absolute Gasteiger partial charge is 0.504 e. The highest BCUT2D eigenvalue weighted by Crippen LogP contribution is 2.46. The molecule has 0 aliphatic carbocycles. The van der Waals surface area contributed by atoms with Gasteiger partial charge in [-0.2, -0.15) is 0 Å². The molecule has 0 saturated carbocycles. The van der Waals surface area contributed by atoms with E-state index in [4.69, 9.17) is 4.74 Å². The third-order valence-electron chi connectivity index (χ3n) is 6.04. The molecule has 2 aromatic heterocycles. The lowest BCUT2D eigenvalue weighted by Gasteiger charge is -2.24. The van der Waals surface area contributed by atoms with Gasteiger partial charge in [-0.3, -0.25) is 14.5 Å². The summed E-state index contributed by atoms with van der Waals surface area (Å²) in [6, 6.07) is 9.54. The molecule has 0 radical (unpaired) electrons. The van der Waals surface area contributed by atoms with Crippen LogP contribution in [0.4, 0.5) is 9.52 Å². The number of phenols is 1. The maximum Gasteiger partial charge on any atom is 0.296 e. The van der Waals surface area contributed by atoms with Crippen LogP contribution in [-0.4, -0.2) is 43.7 Å². The number of hydrogen-bond acceptors (Lipinski definition) is 11. The summed E-state index contributed by atoms with van der Waals surface area (Å²) < 4.78 is 19.3. The monoisotopic (exact) mass is 598 g/mol. The van der Waals surface area contributed by atoms with Gasteiger partial charge in [0.05, 0.1) is 33.8 Å². The average molecular weight is 599 g/mol. The Morgan fingerprint density at radius 2 is 1.88 bits per heavy atom. The number of rotatable bonds is 9. The maximum absolute atomic E-state index is 13.8. The van der Waals surface area contributed by atoms with Gasteiger partial charge in [0.15, 0.2) is 21.6 Å². The summed E-state index contributed by atoms with van der Waals surface area (Å²) in [7, 11) is 0. The Balaban J connectivity index is 1.54. The summed E-state index contributed by atoms with van der Waals surface area (Å²) in [6.45, 7) is 5.51. The molecule has 0 bridgehead atoms. The number of aryl methyl sites for hydroxylation is 2. The van der Waals surface area contributed by atoms with Gasteiger partial charge >= 0.3 is 0 Å². The van der Waals surface area contributed by atoms with E-state index in [9.17, 15) is 24.2 Å². The molecule has 1 aliphatic rings. The van der Waals surface area contributed by atoms with Crippen LogP contribution >= 0.6 is 34.4 Å². The standard InChI is InChI=1S/C27H23FN4O5S3/c1-4-37-19-11-16(7-10-18(19)33)21-20(22(34)24-13(2)29-14(3)39-24)23(35)25(36)32(21)26-30-31-27(40-26)38-12-15-5-8-17(28)9-6-15/h5-11,21,33,35H,4,12H2,1-3H3. The van der Waals surface area contributed by atoms with Gasteiger partial charge in [-0.15, -0.1) is 21.5 Å². The van der Waals surface area contributed by atoms with Crippen LogP contribution in [0.15, 0.2) is 58.1 Å². The molecule has 1 unspecified atom stereocenters. The lowest BCUT2D eigenvalue weighted by atomic mass is 9.95. The van der Waals surface area contributed by atoms with E-state index in [1.165, 1.54) is 52.3 Å². The zero-order valence-corrected chi connectivity index (χ0v) is 24.0. The van der Waals surface area contributed by atoms with Crippen LogP contribution in [-0.2, 0) is 10.5 Å². The third kappa shape index (κ3) is 5.31. The Bertz CT molecular complexity index is 1630. The van der Waals surface area contributed by atoms with Crippen molar-refractivity contribution in [1.82, 2.24) is 15.2 Å². The SMILES string of the molecule is CCOc1cc(C2C(C(=O)c3sc(C)nc3C)=C(O)C(=O)N2c2nnc(SCc3ccc(F)cc3)s2)ccc1O. The van der Waals surface area contributed by atoms with Crippen molar-refractivity contribution in [2.24, 2.45) is 0 Å². The van der Waals surface area contributed by atoms with Crippen LogP contribution in [0.3, 0.4) is 0 Å². The number of phenolic OH excluding ortho intramolecular Hbond substituents is 1. The molecular weight excluding hydrogens is 576 g/mol. The minimum atomic E-state index is -1.07. The van der Waals surface area contributed by atoms with Gasteiger partial charge in [0.25, 0.3) is 5.91 Å². The number of nitrogens with zero attached hydrogens (tertiary/aromatic N) is 4. The Hall–Kier alpha value is -3.81. The van der Waals surface area contributed by atoms with E-state index < -0.39 is 23.5 Å². The Kier molecular flexibility index (Phi) is 7.88. The van der Waals surface area contributed by atoms with E-state index in [1.54, 1.807) is 39.0 Å². The van der Waals surface area contributed by atoms with E-state index >= 15 is 0 Å². The predicted molar refractivity (Wildman–Crippen MR) is 151 cm³/mol.